The zero-order valence-electron chi connectivity index (χ0n) is 10.3. The molecule has 3 rings (SSSR count). The fourth-order valence-corrected chi connectivity index (χ4v) is 1.74. The highest BCUT2D eigenvalue weighted by Crippen LogP contribution is 2.10. The van der Waals surface area contributed by atoms with Crippen molar-refractivity contribution in [3.05, 3.63) is 67.1 Å². The highest BCUT2D eigenvalue weighted by atomic mass is 15.1. The fraction of sp³-hybridized carbons (Fsp3) is 0.0714. The Bertz CT molecular complexity index is 617. The third-order valence-corrected chi connectivity index (χ3v) is 2.76. The Hall–Kier alpha value is -2.69. The number of imidazole rings is 1. The molecule has 0 fully saturated rings. The smallest absolute Gasteiger partial charge is 0.137 e. The lowest BCUT2D eigenvalue weighted by atomic mass is 10.2. The molecule has 3 heterocycles. The monoisotopic (exact) mass is 251 g/mol. The van der Waals surface area contributed by atoms with Crippen LogP contribution in [0.15, 0.2) is 61.6 Å². The van der Waals surface area contributed by atoms with Crippen molar-refractivity contribution in [2.45, 2.75) is 6.54 Å². The molecule has 0 aliphatic carbocycles. The fourth-order valence-electron chi connectivity index (χ4n) is 1.74. The van der Waals surface area contributed by atoms with Gasteiger partial charge in [-0.25, -0.2) is 9.97 Å². The van der Waals surface area contributed by atoms with E-state index in [1.165, 1.54) is 5.56 Å². The molecule has 1 N–H and O–H groups in total. The molecule has 5 heteroatoms. The van der Waals surface area contributed by atoms with Crippen LogP contribution in [0, 0.1) is 0 Å². The molecule has 0 saturated carbocycles. The largest absolute Gasteiger partial charge is 0.380 e. The summed E-state index contributed by atoms with van der Waals surface area (Å²) in [5, 5.41) is 3.32. The van der Waals surface area contributed by atoms with Crippen LogP contribution in [0.2, 0.25) is 0 Å². The first-order chi connectivity index (χ1) is 9.42. The third-order valence-electron chi connectivity index (χ3n) is 2.76. The van der Waals surface area contributed by atoms with E-state index in [2.05, 4.69) is 20.3 Å². The van der Waals surface area contributed by atoms with Gasteiger partial charge >= 0.3 is 0 Å². The second-order valence-electron chi connectivity index (χ2n) is 4.08. The van der Waals surface area contributed by atoms with E-state index in [9.17, 15) is 0 Å². The summed E-state index contributed by atoms with van der Waals surface area (Å²) < 4.78 is 1.87. The van der Waals surface area contributed by atoms with E-state index >= 15 is 0 Å². The summed E-state index contributed by atoms with van der Waals surface area (Å²) in [5.41, 5.74) is 2.18. The van der Waals surface area contributed by atoms with Crippen LogP contribution in [-0.4, -0.2) is 19.5 Å². The normalized spacial score (nSPS) is 10.3. The van der Waals surface area contributed by atoms with E-state index in [1.807, 2.05) is 41.2 Å². The Morgan fingerprint density at radius 1 is 1.00 bits per heavy atom. The van der Waals surface area contributed by atoms with Crippen molar-refractivity contribution in [2.75, 3.05) is 5.32 Å². The zero-order valence-corrected chi connectivity index (χ0v) is 10.3. The number of anilines is 1. The lowest BCUT2D eigenvalue weighted by Gasteiger charge is -2.07. The number of pyridine rings is 2. The predicted molar refractivity (Wildman–Crippen MR) is 72.9 cm³/mol. The molecule has 0 bridgehead atoms. The van der Waals surface area contributed by atoms with Gasteiger partial charge in [0.25, 0.3) is 0 Å². The van der Waals surface area contributed by atoms with Crippen molar-refractivity contribution < 1.29 is 0 Å². The van der Waals surface area contributed by atoms with Gasteiger partial charge in [-0.3, -0.25) is 9.55 Å². The maximum Gasteiger partial charge on any atom is 0.137 e. The first-order valence-corrected chi connectivity index (χ1v) is 5.99. The molecule has 19 heavy (non-hydrogen) atoms. The molecule has 0 aromatic carbocycles. The van der Waals surface area contributed by atoms with Gasteiger partial charge in [-0.15, -0.1) is 0 Å². The molecule has 94 valence electrons. The minimum Gasteiger partial charge on any atom is -0.380 e. The van der Waals surface area contributed by atoms with Gasteiger partial charge in [-0.05, 0) is 29.8 Å². The lowest BCUT2D eigenvalue weighted by molar-refractivity contribution is 0.990. The van der Waals surface area contributed by atoms with Crippen LogP contribution in [0.5, 0.6) is 0 Å². The predicted octanol–water partition coefficient (Wildman–Crippen LogP) is 2.27. The minimum atomic E-state index is 0.759. The average molecular weight is 251 g/mol. The first-order valence-electron chi connectivity index (χ1n) is 5.99. The summed E-state index contributed by atoms with van der Waals surface area (Å²) in [5.74, 6) is 0.854. The van der Waals surface area contributed by atoms with Crippen LogP contribution in [-0.2, 0) is 6.54 Å². The number of nitrogens with one attached hydrogen (secondary N) is 1. The summed E-state index contributed by atoms with van der Waals surface area (Å²) in [6.45, 7) is 0.759. The molecule has 0 amide bonds. The molecule has 0 atom stereocenters. The second kappa shape index (κ2) is 5.30. The topological polar surface area (TPSA) is 55.6 Å². The van der Waals surface area contributed by atoms with Gasteiger partial charge < -0.3 is 5.32 Å². The van der Waals surface area contributed by atoms with Gasteiger partial charge in [0.2, 0.25) is 0 Å². The van der Waals surface area contributed by atoms with Crippen molar-refractivity contribution >= 4 is 5.69 Å². The summed E-state index contributed by atoms with van der Waals surface area (Å²) in [6.07, 6.45) is 10.7. The van der Waals surface area contributed by atoms with E-state index in [4.69, 9.17) is 0 Å². The van der Waals surface area contributed by atoms with Crippen molar-refractivity contribution in [1.82, 2.24) is 19.5 Å². The van der Waals surface area contributed by atoms with Gasteiger partial charge in [-0.1, -0.05) is 0 Å². The third kappa shape index (κ3) is 2.77. The van der Waals surface area contributed by atoms with E-state index in [0.717, 1.165) is 18.1 Å². The SMILES string of the molecule is c1cc(CNc2ccc(-n3ccnc3)nc2)ccn1. The molecule has 0 aliphatic heterocycles. The average Bonchev–Trinajstić information content (AvgIpc) is 3.01. The van der Waals surface area contributed by atoms with Gasteiger partial charge in [-0.2, -0.15) is 0 Å². The zero-order chi connectivity index (χ0) is 12.9. The Balaban J connectivity index is 1.67. The van der Waals surface area contributed by atoms with E-state index in [1.54, 1.807) is 24.9 Å². The summed E-state index contributed by atoms with van der Waals surface area (Å²) >= 11 is 0. The number of aromatic nitrogens is 4. The molecule has 3 aromatic rings. The van der Waals surface area contributed by atoms with Crippen molar-refractivity contribution in [3.8, 4) is 5.82 Å². The number of nitrogens with zero attached hydrogens (tertiary/aromatic N) is 4. The van der Waals surface area contributed by atoms with Crippen molar-refractivity contribution in [3.63, 3.8) is 0 Å². The molecule has 0 spiro atoms. The minimum absolute atomic E-state index is 0.759. The van der Waals surface area contributed by atoms with E-state index in [-0.39, 0.29) is 0 Å². The molecule has 0 unspecified atom stereocenters. The van der Waals surface area contributed by atoms with Gasteiger partial charge in [0.1, 0.15) is 12.1 Å². The number of hydrogen-bond acceptors (Lipinski definition) is 4. The molecule has 3 aromatic heterocycles. The Labute approximate surface area is 111 Å². The highest BCUT2D eigenvalue weighted by molar-refractivity contribution is 5.44. The van der Waals surface area contributed by atoms with Crippen LogP contribution in [0.4, 0.5) is 5.69 Å². The van der Waals surface area contributed by atoms with Crippen molar-refractivity contribution in [2.24, 2.45) is 0 Å². The second-order valence-corrected chi connectivity index (χ2v) is 4.08. The van der Waals surface area contributed by atoms with Gasteiger partial charge in [0.15, 0.2) is 0 Å². The molecule has 5 nitrogen and oxygen atoms in total. The molecule has 0 saturated heterocycles. The van der Waals surface area contributed by atoms with Gasteiger partial charge in [0, 0.05) is 31.3 Å². The molecular weight excluding hydrogens is 238 g/mol. The Morgan fingerprint density at radius 3 is 2.58 bits per heavy atom. The van der Waals surface area contributed by atoms with Crippen LogP contribution in [0.25, 0.3) is 5.82 Å². The quantitative estimate of drug-likeness (QED) is 0.773. The number of rotatable bonds is 4. The first kappa shape index (κ1) is 11.4. The van der Waals surface area contributed by atoms with Crippen LogP contribution >= 0.6 is 0 Å². The maximum absolute atomic E-state index is 4.38. The lowest BCUT2D eigenvalue weighted by Crippen LogP contribution is -2.01. The Kier molecular flexibility index (Phi) is 3.18. The summed E-state index contributed by atoms with van der Waals surface area (Å²) in [7, 11) is 0. The summed E-state index contributed by atoms with van der Waals surface area (Å²) in [4.78, 5) is 12.4. The number of hydrogen-bond donors (Lipinski definition) is 1. The van der Waals surface area contributed by atoms with Gasteiger partial charge in [0.05, 0.1) is 11.9 Å². The molecule has 0 aliphatic rings. The van der Waals surface area contributed by atoms with Crippen LogP contribution in [0.1, 0.15) is 5.56 Å². The van der Waals surface area contributed by atoms with Crippen LogP contribution in [0.3, 0.4) is 0 Å². The highest BCUT2D eigenvalue weighted by Gasteiger charge is 1.98. The maximum atomic E-state index is 4.38. The summed E-state index contributed by atoms with van der Waals surface area (Å²) in [6, 6.07) is 7.93. The van der Waals surface area contributed by atoms with E-state index < -0.39 is 0 Å². The van der Waals surface area contributed by atoms with E-state index in [0.29, 0.717) is 0 Å². The molecule has 0 radical (unpaired) electrons. The standard InChI is InChI=1S/C14H13N5/c1-2-14(19-8-7-16-11-19)18-10-13(1)17-9-12-3-5-15-6-4-12/h1-8,10-11,17H,9H2. The van der Waals surface area contributed by atoms with Crippen molar-refractivity contribution in [1.29, 1.82) is 0 Å². The molecular formula is C14H13N5. The Morgan fingerprint density at radius 2 is 1.89 bits per heavy atom. The van der Waals surface area contributed by atoms with Crippen LogP contribution < -0.4 is 5.32 Å².